The molecule has 0 fully saturated rings. The fourth-order valence-electron chi connectivity index (χ4n) is 4.40. The number of imide groups is 2. The second-order valence-electron chi connectivity index (χ2n) is 8.23. The number of nitrogens with zero attached hydrogens (tertiary/aromatic N) is 2. The molecule has 0 saturated carbocycles. The largest absolute Gasteiger partial charge is 0.464 e. The molecule has 0 spiro atoms. The molecule has 10 heteroatoms. The minimum absolute atomic E-state index is 0.0421. The van der Waals surface area contributed by atoms with E-state index in [0.29, 0.717) is 4.90 Å². The van der Waals surface area contributed by atoms with E-state index in [0.717, 1.165) is 4.90 Å². The molecular weight excluding hydrogens is 480 g/mol. The van der Waals surface area contributed by atoms with Crippen LogP contribution in [0.25, 0.3) is 0 Å². The highest BCUT2D eigenvalue weighted by atomic mass is 16.6. The van der Waals surface area contributed by atoms with Gasteiger partial charge in [-0.3, -0.25) is 24.1 Å². The number of ether oxygens (including phenoxy) is 2. The first-order chi connectivity index (χ1) is 17.8. The number of hydrogen-bond donors (Lipinski definition) is 0. The number of rotatable bonds is 9. The fraction of sp³-hybridized carbons (Fsp3) is 0.259. The van der Waals surface area contributed by atoms with Gasteiger partial charge in [0, 0.05) is 13.0 Å². The smallest absolute Gasteiger partial charge is 0.344 e. The van der Waals surface area contributed by atoms with Gasteiger partial charge >= 0.3 is 11.9 Å². The van der Waals surface area contributed by atoms with Crippen LogP contribution in [0.1, 0.15) is 61.7 Å². The number of carbonyl (C=O) groups excluding carboxylic acids is 6. The second kappa shape index (κ2) is 10.2. The zero-order valence-corrected chi connectivity index (χ0v) is 20.3. The standard InChI is InChI=1S/C27H24N2O8/c1-3-36-25(34)27(26(35)37-4-2,29-23(32)19-13-7-8-14-20(19)24(29)33)15-9-10-16-28-21(30)17-11-5-6-12-18(17)22(28)31/h5-14H,3-4,15-16H2,1-2H3/b10-9+. The third kappa shape index (κ3) is 4.10. The molecule has 4 amide bonds. The third-order valence-electron chi connectivity index (χ3n) is 6.15. The minimum atomic E-state index is -2.45. The lowest BCUT2D eigenvalue weighted by Crippen LogP contribution is -2.63. The van der Waals surface area contributed by atoms with Gasteiger partial charge in [-0.2, -0.15) is 0 Å². The molecule has 0 N–H and O–H groups in total. The van der Waals surface area contributed by atoms with Crippen LogP contribution < -0.4 is 0 Å². The lowest BCUT2D eigenvalue weighted by atomic mass is 9.92. The molecule has 2 aliphatic rings. The summed E-state index contributed by atoms with van der Waals surface area (Å²) in [5, 5.41) is 0. The molecule has 0 bridgehead atoms. The number of esters is 2. The van der Waals surface area contributed by atoms with Crippen LogP contribution >= 0.6 is 0 Å². The molecule has 0 aromatic heterocycles. The monoisotopic (exact) mass is 504 g/mol. The topological polar surface area (TPSA) is 127 Å². The highest BCUT2D eigenvalue weighted by molar-refractivity contribution is 6.26. The second-order valence-corrected chi connectivity index (χ2v) is 8.23. The van der Waals surface area contributed by atoms with Crippen LogP contribution in [-0.4, -0.2) is 70.7 Å². The Bertz CT molecular complexity index is 1260. The Morgan fingerprint density at radius 1 is 0.703 bits per heavy atom. The lowest BCUT2D eigenvalue weighted by Gasteiger charge is -2.35. The molecule has 2 aromatic rings. The highest BCUT2D eigenvalue weighted by Crippen LogP contribution is 2.34. The lowest BCUT2D eigenvalue weighted by molar-refractivity contribution is -0.171. The Hall–Kier alpha value is -4.60. The summed E-state index contributed by atoms with van der Waals surface area (Å²) in [7, 11) is 0. The summed E-state index contributed by atoms with van der Waals surface area (Å²) in [6.07, 6.45) is 2.27. The minimum Gasteiger partial charge on any atom is -0.464 e. The number of hydrogen-bond acceptors (Lipinski definition) is 8. The zero-order chi connectivity index (χ0) is 26.7. The molecule has 0 saturated heterocycles. The summed E-state index contributed by atoms with van der Waals surface area (Å²) in [4.78, 5) is 80.0. The SMILES string of the molecule is CCOC(=O)C(C/C=C/CN1C(=O)c2ccccc2C1=O)(C(=O)OCC)N1C(=O)c2ccccc2C1=O. The summed E-state index contributed by atoms with van der Waals surface area (Å²) >= 11 is 0. The predicted molar refractivity (Wildman–Crippen MR) is 129 cm³/mol. The van der Waals surface area contributed by atoms with Crippen molar-refractivity contribution in [3.05, 3.63) is 82.9 Å². The first-order valence-electron chi connectivity index (χ1n) is 11.7. The maximum atomic E-state index is 13.3. The van der Waals surface area contributed by atoms with Gasteiger partial charge in [0.15, 0.2) is 0 Å². The van der Waals surface area contributed by atoms with Gasteiger partial charge in [-0.15, -0.1) is 0 Å². The van der Waals surface area contributed by atoms with Crippen LogP contribution in [0.5, 0.6) is 0 Å². The van der Waals surface area contributed by atoms with Gasteiger partial charge in [0.1, 0.15) is 0 Å². The predicted octanol–water partition coefficient (Wildman–Crippen LogP) is 2.39. The Morgan fingerprint density at radius 3 is 1.51 bits per heavy atom. The van der Waals surface area contributed by atoms with Gasteiger partial charge in [-0.05, 0) is 38.1 Å². The summed E-state index contributed by atoms with van der Waals surface area (Å²) in [6.45, 7) is 2.64. The average molecular weight is 504 g/mol. The van der Waals surface area contributed by atoms with Gasteiger partial charge < -0.3 is 9.47 Å². The van der Waals surface area contributed by atoms with Crippen molar-refractivity contribution < 1.29 is 38.2 Å². The van der Waals surface area contributed by atoms with Crippen molar-refractivity contribution >= 4 is 35.6 Å². The van der Waals surface area contributed by atoms with Gasteiger partial charge in [0.2, 0.25) is 5.54 Å². The van der Waals surface area contributed by atoms with E-state index >= 15 is 0 Å². The molecule has 0 atom stereocenters. The molecule has 37 heavy (non-hydrogen) atoms. The quantitative estimate of drug-likeness (QED) is 0.220. The van der Waals surface area contributed by atoms with Gasteiger partial charge in [-0.1, -0.05) is 36.4 Å². The third-order valence-corrected chi connectivity index (χ3v) is 6.15. The fourth-order valence-corrected chi connectivity index (χ4v) is 4.40. The van der Waals surface area contributed by atoms with Gasteiger partial charge in [0.05, 0.1) is 35.5 Å². The molecule has 4 rings (SSSR count). The molecule has 190 valence electrons. The van der Waals surface area contributed by atoms with Crippen LogP contribution in [0.2, 0.25) is 0 Å². The molecule has 10 nitrogen and oxygen atoms in total. The number of fused-ring (bicyclic) bond motifs is 2. The number of carbonyl (C=O) groups is 6. The summed E-state index contributed by atoms with van der Waals surface area (Å²) in [5.74, 6) is -4.90. The van der Waals surface area contributed by atoms with Gasteiger partial charge in [0.25, 0.3) is 23.6 Å². The van der Waals surface area contributed by atoms with E-state index in [9.17, 15) is 28.8 Å². The van der Waals surface area contributed by atoms with E-state index in [-0.39, 0.29) is 42.0 Å². The van der Waals surface area contributed by atoms with Crippen LogP contribution in [0.15, 0.2) is 60.7 Å². The number of benzene rings is 2. The average Bonchev–Trinajstić information content (AvgIpc) is 3.30. The van der Waals surface area contributed by atoms with Crippen LogP contribution in [0.4, 0.5) is 0 Å². The Labute approximate surface area is 212 Å². The van der Waals surface area contributed by atoms with E-state index in [1.807, 2.05) is 0 Å². The summed E-state index contributed by atoms with van der Waals surface area (Å²) < 4.78 is 10.3. The molecule has 2 aliphatic heterocycles. The molecule has 2 heterocycles. The van der Waals surface area contributed by atoms with Crippen molar-refractivity contribution in [2.75, 3.05) is 19.8 Å². The summed E-state index contributed by atoms with van der Waals surface area (Å²) in [6, 6.07) is 12.4. The van der Waals surface area contributed by atoms with Crippen molar-refractivity contribution in [1.82, 2.24) is 9.80 Å². The Kier molecular flexibility index (Phi) is 7.01. The maximum absolute atomic E-state index is 13.3. The normalized spacial score (nSPS) is 14.9. The van der Waals surface area contributed by atoms with Gasteiger partial charge in [-0.25, -0.2) is 14.5 Å². The van der Waals surface area contributed by atoms with Crippen molar-refractivity contribution in [3.63, 3.8) is 0 Å². The van der Waals surface area contributed by atoms with Crippen molar-refractivity contribution in [1.29, 1.82) is 0 Å². The van der Waals surface area contributed by atoms with Crippen LogP contribution in [0.3, 0.4) is 0 Å². The van der Waals surface area contributed by atoms with Crippen LogP contribution in [-0.2, 0) is 19.1 Å². The van der Waals surface area contributed by atoms with E-state index in [4.69, 9.17) is 9.47 Å². The molecular formula is C27H24N2O8. The molecule has 0 aliphatic carbocycles. The maximum Gasteiger partial charge on any atom is 0.344 e. The van der Waals surface area contributed by atoms with Crippen molar-refractivity contribution in [2.24, 2.45) is 0 Å². The highest BCUT2D eigenvalue weighted by Gasteiger charge is 2.60. The number of amides is 4. The zero-order valence-electron chi connectivity index (χ0n) is 20.3. The first-order valence-corrected chi connectivity index (χ1v) is 11.7. The van der Waals surface area contributed by atoms with Crippen LogP contribution in [0, 0.1) is 0 Å². The van der Waals surface area contributed by atoms with E-state index in [1.54, 1.807) is 36.4 Å². The van der Waals surface area contributed by atoms with E-state index in [2.05, 4.69) is 0 Å². The van der Waals surface area contributed by atoms with E-state index < -0.39 is 47.5 Å². The molecule has 2 aromatic carbocycles. The van der Waals surface area contributed by atoms with Crippen molar-refractivity contribution in [3.8, 4) is 0 Å². The van der Waals surface area contributed by atoms with E-state index in [1.165, 1.54) is 38.1 Å². The Balaban J connectivity index is 1.67. The molecule has 0 radical (unpaired) electrons. The Morgan fingerprint density at radius 2 is 1.11 bits per heavy atom. The summed E-state index contributed by atoms with van der Waals surface area (Å²) in [5.41, 5.74) is -1.81. The van der Waals surface area contributed by atoms with Crippen molar-refractivity contribution in [2.45, 2.75) is 25.8 Å². The molecule has 0 unspecified atom stereocenters. The first kappa shape index (κ1) is 25.5.